The molecule has 0 saturated heterocycles. The molecular weight excluding hydrogens is 343 g/mol. The minimum Gasteiger partial charge on any atom is -0.0622 e. The van der Waals surface area contributed by atoms with E-state index in [1.807, 2.05) is 0 Å². The van der Waals surface area contributed by atoms with Crippen LogP contribution in [-0.2, 0) is 0 Å². The molecule has 0 aliphatic heterocycles. The van der Waals surface area contributed by atoms with E-state index in [1.54, 1.807) is 0 Å². The first-order valence-electron chi connectivity index (χ1n) is 9.14. The van der Waals surface area contributed by atoms with Gasteiger partial charge in [-0.3, -0.25) is 0 Å². The minimum absolute atomic E-state index is 0.598. The van der Waals surface area contributed by atoms with E-state index in [4.69, 9.17) is 0 Å². The van der Waals surface area contributed by atoms with Gasteiger partial charge in [0.25, 0.3) is 0 Å². The van der Waals surface area contributed by atoms with Crippen molar-refractivity contribution in [1.29, 1.82) is 0 Å². The van der Waals surface area contributed by atoms with Crippen LogP contribution >= 0.6 is 7.92 Å². The summed E-state index contributed by atoms with van der Waals surface area (Å²) in [6, 6.07) is 40.9. The van der Waals surface area contributed by atoms with Gasteiger partial charge in [-0.05, 0) is 35.0 Å². The third-order valence-corrected chi connectivity index (χ3v) is 6.98. The zero-order valence-electron chi connectivity index (χ0n) is 15.1. The molecule has 1 heteroatoms. The summed E-state index contributed by atoms with van der Waals surface area (Å²) in [4.78, 5) is 0. The smallest absolute Gasteiger partial charge is 0.00786 e. The Labute approximate surface area is 162 Å². The molecule has 0 radical (unpaired) electrons. The predicted molar refractivity (Wildman–Crippen MR) is 121 cm³/mol. The lowest BCUT2D eigenvalue weighted by molar-refractivity contribution is 1.66. The Bertz CT molecular complexity index is 966. The Hall–Kier alpha value is -2.95. The molecule has 0 atom stereocenters. The SMILES string of the molecule is C(=C\c1ccccc1P(c1ccccc1)c1ccccc1)/c1ccccc1. The monoisotopic (exact) mass is 364 g/mol. The fraction of sp³-hybridized carbons (Fsp3) is 0. The second-order valence-electron chi connectivity index (χ2n) is 6.31. The summed E-state index contributed by atoms with van der Waals surface area (Å²) in [6.45, 7) is 0. The molecule has 0 bridgehead atoms. The summed E-state index contributed by atoms with van der Waals surface area (Å²) in [5.74, 6) is 0. The van der Waals surface area contributed by atoms with Crippen molar-refractivity contribution in [1.82, 2.24) is 0 Å². The fourth-order valence-corrected chi connectivity index (χ4v) is 5.60. The molecule has 0 aliphatic rings. The highest BCUT2D eigenvalue weighted by Gasteiger charge is 2.18. The molecule has 0 heterocycles. The maximum absolute atomic E-state index is 2.27. The second-order valence-corrected chi connectivity index (χ2v) is 8.49. The van der Waals surface area contributed by atoms with E-state index in [-0.39, 0.29) is 0 Å². The maximum atomic E-state index is 2.27. The summed E-state index contributed by atoms with van der Waals surface area (Å²) in [7, 11) is -0.598. The molecule has 0 amide bonds. The van der Waals surface area contributed by atoms with Gasteiger partial charge in [0.2, 0.25) is 0 Å². The molecule has 27 heavy (non-hydrogen) atoms. The van der Waals surface area contributed by atoms with Gasteiger partial charge in [0.1, 0.15) is 0 Å². The number of hydrogen-bond acceptors (Lipinski definition) is 0. The lowest BCUT2D eigenvalue weighted by Crippen LogP contribution is -2.22. The molecule has 0 fully saturated rings. The van der Waals surface area contributed by atoms with Gasteiger partial charge < -0.3 is 0 Å². The highest BCUT2D eigenvalue weighted by molar-refractivity contribution is 7.80. The summed E-state index contributed by atoms with van der Waals surface area (Å²) in [5.41, 5.74) is 2.50. The van der Waals surface area contributed by atoms with Gasteiger partial charge in [-0.25, -0.2) is 0 Å². The molecule has 130 valence electrons. The van der Waals surface area contributed by atoms with E-state index >= 15 is 0 Å². The summed E-state index contributed by atoms with van der Waals surface area (Å²) in [6.07, 6.45) is 4.44. The van der Waals surface area contributed by atoms with Gasteiger partial charge in [0.15, 0.2) is 0 Å². The van der Waals surface area contributed by atoms with Crippen LogP contribution in [0.2, 0.25) is 0 Å². The van der Waals surface area contributed by atoms with Gasteiger partial charge in [-0.15, -0.1) is 0 Å². The summed E-state index contributed by atoms with van der Waals surface area (Å²) in [5, 5.41) is 4.13. The van der Waals surface area contributed by atoms with Gasteiger partial charge in [-0.2, -0.15) is 0 Å². The summed E-state index contributed by atoms with van der Waals surface area (Å²) < 4.78 is 0. The molecule has 0 saturated carbocycles. The van der Waals surface area contributed by atoms with Crippen molar-refractivity contribution in [3.63, 3.8) is 0 Å². The van der Waals surface area contributed by atoms with E-state index in [1.165, 1.54) is 27.0 Å². The fourth-order valence-electron chi connectivity index (χ4n) is 3.16. The first kappa shape index (κ1) is 17.5. The number of hydrogen-bond donors (Lipinski definition) is 0. The molecule has 0 aliphatic carbocycles. The van der Waals surface area contributed by atoms with Gasteiger partial charge in [0.05, 0.1) is 0 Å². The third kappa shape index (κ3) is 4.25. The topological polar surface area (TPSA) is 0 Å². The van der Waals surface area contributed by atoms with Crippen LogP contribution in [0.3, 0.4) is 0 Å². The van der Waals surface area contributed by atoms with Crippen molar-refractivity contribution >= 4 is 36.0 Å². The molecule has 0 aromatic heterocycles. The lowest BCUT2D eigenvalue weighted by atomic mass is 10.1. The van der Waals surface area contributed by atoms with E-state index in [0.717, 1.165) is 0 Å². The zero-order valence-corrected chi connectivity index (χ0v) is 16.0. The lowest BCUT2D eigenvalue weighted by Gasteiger charge is -2.21. The van der Waals surface area contributed by atoms with Crippen LogP contribution in [0.15, 0.2) is 115 Å². The Kier molecular flexibility index (Phi) is 5.58. The average molecular weight is 364 g/mol. The number of rotatable bonds is 5. The van der Waals surface area contributed by atoms with Crippen LogP contribution in [0.5, 0.6) is 0 Å². The third-order valence-electron chi connectivity index (χ3n) is 4.46. The Morgan fingerprint density at radius 2 is 0.926 bits per heavy atom. The first-order valence-corrected chi connectivity index (χ1v) is 10.5. The number of benzene rings is 4. The molecular formula is C26H21P. The largest absolute Gasteiger partial charge is 0.0622 e. The Balaban J connectivity index is 1.81. The van der Waals surface area contributed by atoms with Gasteiger partial charge >= 0.3 is 0 Å². The quantitative estimate of drug-likeness (QED) is 0.319. The van der Waals surface area contributed by atoms with Crippen LogP contribution in [0.1, 0.15) is 11.1 Å². The van der Waals surface area contributed by atoms with Crippen molar-refractivity contribution < 1.29 is 0 Å². The second kappa shape index (κ2) is 8.62. The first-order chi connectivity index (χ1) is 13.4. The normalized spacial score (nSPS) is 11.1. The van der Waals surface area contributed by atoms with Crippen molar-refractivity contribution in [3.05, 3.63) is 126 Å². The maximum Gasteiger partial charge on any atom is -0.00786 e. The molecule has 0 nitrogen and oxygen atoms in total. The molecule has 0 N–H and O–H groups in total. The van der Waals surface area contributed by atoms with Crippen LogP contribution in [-0.4, -0.2) is 0 Å². The molecule has 4 aromatic carbocycles. The highest BCUT2D eigenvalue weighted by Crippen LogP contribution is 2.34. The van der Waals surface area contributed by atoms with E-state index in [2.05, 4.69) is 127 Å². The van der Waals surface area contributed by atoms with Crippen molar-refractivity contribution in [2.45, 2.75) is 0 Å². The van der Waals surface area contributed by atoms with Crippen LogP contribution < -0.4 is 15.9 Å². The van der Waals surface area contributed by atoms with E-state index in [0.29, 0.717) is 0 Å². The molecule has 0 unspecified atom stereocenters. The molecule has 4 aromatic rings. The van der Waals surface area contributed by atoms with Crippen molar-refractivity contribution in [3.8, 4) is 0 Å². The van der Waals surface area contributed by atoms with Crippen LogP contribution in [0.25, 0.3) is 12.2 Å². The molecule has 4 rings (SSSR count). The highest BCUT2D eigenvalue weighted by atomic mass is 31.1. The van der Waals surface area contributed by atoms with Gasteiger partial charge in [0, 0.05) is 0 Å². The predicted octanol–water partition coefficient (Wildman–Crippen LogP) is 5.62. The summed E-state index contributed by atoms with van der Waals surface area (Å²) >= 11 is 0. The standard InChI is InChI=1S/C26H21P/c1-4-12-22(13-5-1)20-21-23-14-10-11-19-26(23)27(24-15-6-2-7-16-24)25-17-8-3-9-18-25/h1-21H/b21-20+. The van der Waals surface area contributed by atoms with Gasteiger partial charge in [-0.1, -0.05) is 127 Å². The van der Waals surface area contributed by atoms with Crippen molar-refractivity contribution in [2.24, 2.45) is 0 Å². The zero-order chi connectivity index (χ0) is 18.3. The average Bonchev–Trinajstić information content (AvgIpc) is 2.76. The minimum atomic E-state index is -0.598. The van der Waals surface area contributed by atoms with Crippen LogP contribution in [0, 0.1) is 0 Å². The van der Waals surface area contributed by atoms with E-state index in [9.17, 15) is 0 Å². The molecule has 0 spiro atoms. The van der Waals surface area contributed by atoms with Crippen molar-refractivity contribution in [2.75, 3.05) is 0 Å². The Morgan fingerprint density at radius 3 is 1.52 bits per heavy atom. The van der Waals surface area contributed by atoms with Crippen LogP contribution in [0.4, 0.5) is 0 Å². The Morgan fingerprint density at radius 1 is 0.444 bits per heavy atom. The van der Waals surface area contributed by atoms with E-state index < -0.39 is 7.92 Å².